The summed E-state index contributed by atoms with van der Waals surface area (Å²) in [4.78, 5) is 6.53. The fourth-order valence-corrected chi connectivity index (χ4v) is 4.96. The fraction of sp³-hybridized carbons (Fsp3) is 0.167. The van der Waals surface area contributed by atoms with Crippen LogP contribution in [0.25, 0.3) is 0 Å². The lowest BCUT2D eigenvalue weighted by molar-refractivity contribution is 0.601. The van der Waals surface area contributed by atoms with Gasteiger partial charge in [-0.05, 0) is 48.4 Å². The lowest BCUT2D eigenvalue weighted by Gasteiger charge is -2.18. The van der Waals surface area contributed by atoms with Crippen LogP contribution < -0.4 is 9.62 Å². The molecular weight excluding hydrogens is 407 g/mol. The Morgan fingerprint density at radius 1 is 1.11 bits per heavy atom. The van der Waals surface area contributed by atoms with Crippen LogP contribution in [0.2, 0.25) is 10.0 Å². The van der Waals surface area contributed by atoms with Gasteiger partial charge in [0, 0.05) is 47.4 Å². The molecule has 1 aliphatic rings. The van der Waals surface area contributed by atoms with Gasteiger partial charge in [-0.25, -0.2) is 13.4 Å². The highest BCUT2D eigenvalue weighted by molar-refractivity contribution is 7.92. The molecule has 0 saturated heterocycles. The number of rotatable bonds is 4. The molecule has 0 unspecified atom stereocenters. The Kier molecular flexibility index (Phi) is 4.53. The maximum atomic E-state index is 12.6. The summed E-state index contributed by atoms with van der Waals surface area (Å²) in [6.45, 7) is 0.792. The number of benzene rings is 2. The van der Waals surface area contributed by atoms with Crippen LogP contribution in [0.1, 0.15) is 5.56 Å². The molecule has 4 rings (SSSR count). The molecule has 27 heavy (non-hydrogen) atoms. The van der Waals surface area contributed by atoms with Gasteiger partial charge >= 0.3 is 0 Å². The summed E-state index contributed by atoms with van der Waals surface area (Å²) in [5.41, 5.74) is 2.58. The molecule has 6 nitrogen and oxygen atoms in total. The fourth-order valence-electron chi connectivity index (χ4n) is 3.19. The average Bonchev–Trinajstić information content (AvgIpc) is 3.19. The zero-order valence-electron chi connectivity index (χ0n) is 14.4. The summed E-state index contributed by atoms with van der Waals surface area (Å²) >= 11 is 11.8. The third kappa shape index (κ3) is 3.50. The van der Waals surface area contributed by atoms with Crippen molar-refractivity contribution in [3.8, 4) is 0 Å². The van der Waals surface area contributed by atoms with E-state index in [1.54, 1.807) is 12.3 Å². The number of sulfonamides is 1. The van der Waals surface area contributed by atoms with Gasteiger partial charge in [-0.3, -0.25) is 4.72 Å². The molecule has 0 fully saturated rings. The third-order valence-electron chi connectivity index (χ3n) is 4.41. The lowest BCUT2D eigenvalue weighted by Crippen LogP contribution is -2.17. The Hall–Kier alpha value is -2.22. The number of hydrogen-bond acceptors (Lipinski definition) is 4. The van der Waals surface area contributed by atoms with Crippen molar-refractivity contribution in [3.63, 3.8) is 0 Å². The van der Waals surface area contributed by atoms with Crippen LogP contribution >= 0.6 is 23.2 Å². The van der Waals surface area contributed by atoms with E-state index in [1.807, 2.05) is 29.9 Å². The van der Waals surface area contributed by atoms with E-state index in [-0.39, 0.29) is 14.9 Å². The largest absolute Gasteiger partial charge is 0.320 e. The number of aryl methyl sites for hydroxylation is 1. The molecule has 1 N–H and O–H groups in total. The standard InChI is InChI=1S/C18H16Cl2N4O2S/c1-23-7-5-21-18(23)24-6-4-12-8-15(2-3-17(12)24)22-27(25,26)16-10-13(19)9-14(20)11-16/h2-3,5,7-11,22H,4,6H2,1H3. The van der Waals surface area contributed by atoms with Crippen LogP contribution in [0.3, 0.4) is 0 Å². The number of nitrogens with zero attached hydrogens (tertiary/aromatic N) is 3. The Morgan fingerprint density at radius 3 is 2.52 bits per heavy atom. The number of fused-ring (bicyclic) bond motifs is 1. The summed E-state index contributed by atoms with van der Waals surface area (Å²) in [6.07, 6.45) is 4.46. The topological polar surface area (TPSA) is 67.2 Å². The molecule has 0 spiro atoms. The minimum atomic E-state index is -3.79. The minimum Gasteiger partial charge on any atom is -0.320 e. The van der Waals surface area contributed by atoms with Crippen LogP contribution in [0.5, 0.6) is 0 Å². The highest BCUT2D eigenvalue weighted by Crippen LogP contribution is 2.35. The van der Waals surface area contributed by atoms with Gasteiger partial charge in [0.2, 0.25) is 5.95 Å². The van der Waals surface area contributed by atoms with Crippen molar-refractivity contribution >= 4 is 50.5 Å². The van der Waals surface area contributed by atoms with E-state index in [4.69, 9.17) is 23.2 Å². The molecule has 0 aliphatic carbocycles. The summed E-state index contributed by atoms with van der Waals surface area (Å²) in [6, 6.07) is 9.72. The first-order valence-corrected chi connectivity index (χ1v) is 10.4. The van der Waals surface area contributed by atoms with Gasteiger partial charge in [-0.15, -0.1) is 0 Å². The zero-order valence-corrected chi connectivity index (χ0v) is 16.7. The first kappa shape index (κ1) is 18.2. The Balaban J connectivity index is 1.62. The van der Waals surface area contributed by atoms with E-state index >= 15 is 0 Å². The summed E-state index contributed by atoms with van der Waals surface area (Å²) in [7, 11) is -1.84. The predicted molar refractivity (Wildman–Crippen MR) is 108 cm³/mol. The lowest BCUT2D eigenvalue weighted by atomic mass is 10.1. The van der Waals surface area contributed by atoms with Crippen molar-refractivity contribution in [2.24, 2.45) is 7.05 Å². The van der Waals surface area contributed by atoms with Gasteiger partial charge in [0.1, 0.15) is 0 Å². The van der Waals surface area contributed by atoms with Crippen LogP contribution in [0.15, 0.2) is 53.7 Å². The Morgan fingerprint density at radius 2 is 1.85 bits per heavy atom. The van der Waals surface area contributed by atoms with Crippen LogP contribution in [-0.4, -0.2) is 24.5 Å². The number of halogens is 2. The highest BCUT2D eigenvalue weighted by atomic mass is 35.5. The first-order chi connectivity index (χ1) is 12.8. The van der Waals surface area contributed by atoms with Crippen LogP contribution in [0.4, 0.5) is 17.3 Å². The molecule has 3 aromatic rings. The van der Waals surface area contributed by atoms with Crippen LogP contribution in [-0.2, 0) is 23.5 Å². The monoisotopic (exact) mass is 422 g/mol. The maximum Gasteiger partial charge on any atom is 0.261 e. The molecule has 0 atom stereocenters. The molecule has 2 aromatic carbocycles. The molecule has 9 heteroatoms. The van der Waals surface area contributed by atoms with Crippen molar-refractivity contribution in [3.05, 3.63) is 64.4 Å². The van der Waals surface area contributed by atoms with Gasteiger partial charge in [0.15, 0.2) is 0 Å². The number of aromatic nitrogens is 2. The molecule has 0 saturated carbocycles. The number of anilines is 3. The molecule has 0 radical (unpaired) electrons. The molecule has 1 aromatic heterocycles. The third-order valence-corrected chi connectivity index (χ3v) is 6.21. The van der Waals surface area contributed by atoms with Gasteiger partial charge in [0.25, 0.3) is 10.0 Å². The smallest absolute Gasteiger partial charge is 0.261 e. The van der Waals surface area contributed by atoms with Gasteiger partial charge in [-0.2, -0.15) is 0 Å². The second-order valence-corrected chi connectivity index (χ2v) is 8.85. The number of hydrogen-bond donors (Lipinski definition) is 1. The number of nitrogens with one attached hydrogen (secondary N) is 1. The highest BCUT2D eigenvalue weighted by Gasteiger charge is 2.24. The van der Waals surface area contributed by atoms with Crippen molar-refractivity contribution < 1.29 is 8.42 Å². The Bertz CT molecular complexity index is 1110. The summed E-state index contributed by atoms with van der Waals surface area (Å²) in [5, 5.41) is 0.532. The van der Waals surface area contributed by atoms with Gasteiger partial charge < -0.3 is 9.47 Å². The van der Waals surface area contributed by atoms with E-state index in [2.05, 4.69) is 14.6 Å². The Labute approximate surface area is 167 Å². The van der Waals surface area contributed by atoms with E-state index in [0.717, 1.165) is 30.2 Å². The van der Waals surface area contributed by atoms with Crippen molar-refractivity contribution in [2.45, 2.75) is 11.3 Å². The second-order valence-electron chi connectivity index (χ2n) is 6.29. The first-order valence-electron chi connectivity index (χ1n) is 8.20. The summed E-state index contributed by atoms with van der Waals surface area (Å²) in [5.74, 6) is 0.857. The average molecular weight is 423 g/mol. The quantitative estimate of drug-likeness (QED) is 0.683. The maximum absolute atomic E-state index is 12.6. The second kappa shape index (κ2) is 6.74. The zero-order chi connectivity index (χ0) is 19.2. The van der Waals surface area contributed by atoms with Gasteiger partial charge in [0.05, 0.1) is 4.90 Å². The SMILES string of the molecule is Cn1ccnc1N1CCc2cc(NS(=O)(=O)c3cc(Cl)cc(Cl)c3)ccc21. The summed E-state index contributed by atoms with van der Waals surface area (Å²) < 4.78 is 29.8. The van der Waals surface area contributed by atoms with Crippen molar-refractivity contribution in [1.82, 2.24) is 9.55 Å². The van der Waals surface area contributed by atoms with E-state index in [9.17, 15) is 8.42 Å². The van der Waals surface area contributed by atoms with E-state index in [1.165, 1.54) is 18.2 Å². The number of imidazole rings is 1. The molecule has 140 valence electrons. The molecule has 0 amide bonds. The van der Waals surface area contributed by atoms with Crippen molar-refractivity contribution in [1.29, 1.82) is 0 Å². The molecule has 2 heterocycles. The molecular formula is C18H16Cl2N4O2S. The normalized spacial score (nSPS) is 13.7. The van der Waals surface area contributed by atoms with Crippen molar-refractivity contribution in [2.75, 3.05) is 16.2 Å². The molecule has 0 bridgehead atoms. The predicted octanol–water partition coefficient (Wildman–Crippen LogP) is 4.22. The van der Waals surface area contributed by atoms with Crippen LogP contribution in [0, 0.1) is 0 Å². The van der Waals surface area contributed by atoms with Gasteiger partial charge in [-0.1, -0.05) is 23.2 Å². The molecule has 1 aliphatic heterocycles. The minimum absolute atomic E-state index is 0.0233. The van der Waals surface area contributed by atoms with E-state index < -0.39 is 10.0 Å². The van der Waals surface area contributed by atoms with E-state index in [0.29, 0.717) is 5.69 Å².